The van der Waals surface area contributed by atoms with Gasteiger partial charge in [-0.25, -0.2) is 0 Å². The Balaban J connectivity index is 1.80. The van der Waals surface area contributed by atoms with Crippen LogP contribution in [0.15, 0.2) is 69.1 Å². The molecule has 0 atom stereocenters. The van der Waals surface area contributed by atoms with Crippen LogP contribution in [-0.2, 0) is 9.59 Å². The number of halogens is 4. The maximum atomic E-state index is 12.7. The van der Waals surface area contributed by atoms with Crippen molar-refractivity contribution in [2.24, 2.45) is 0 Å². The van der Waals surface area contributed by atoms with E-state index in [0.29, 0.717) is 35.9 Å². The Labute approximate surface area is 229 Å². The minimum atomic E-state index is -0.620. The third kappa shape index (κ3) is 7.58. The molecular formula is C25H17Br2Cl2N3O3. The number of hydrogen-bond donors (Lipinski definition) is 2. The smallest absolute Gasteiger partial charge is 0.266 e. The maximum absolute atomic E-state index is 12.7. The zero-order valence-electron chi connectivity index (χ0n) is 18.2. The molecule has 0 bridgehead atoms. The Morgan fingerprint density at radius 3 is 2.49 bits per heavy atom. The highest BCUT2D eigenvalue weighted by Gasteiger charge is 2.16. The summed E-state index contributed by atoms with van der Waals surface area (Å²) in [4.78, 5) is 25.1. The molecule has 0 aliphatic rings. The number of carbonyl (C=O) groups is 2. The molecule has 178 valence electrons. The van der Waals surface area contributed by atoms with Crippen LogP contribution >= 0.6 is 55.1 Å². The SMILES string of the molecule is Cc1ccc(NC(=O)COc2c(Br)cc(Br)cc2/C=C(/C#N)C(=O)Nc2cccc(Cl)c2)cc1Cl. The number of nitrogens with zero attached hydrogens (tertiary/aromatic N) is 1. The number of anilines is 2. The second-order valence-electron chi connectivity index (χ2n) is 7.24. The molecule has 0 fully saturated rings. The lowest BCUT2D eigenvalue weighted by molar-refractivity contribution is -0.118. The Hall–Kier alpha value is -2.83. The Bertz CT molecular complexity index is 1370. The number of nitriles is 1. The van der Waals surface area contributed by atoms with E-state index < -0.39 is 11.8 Å². The van der Waals surface area contributed by atoms with Crippen LogP contribution in [0, 0.1) is 18.3 Å². The average Bonchev–Trinajstić information content (AvgIpc) is 2.79. The molecule has 6 nitrogen and oxygen atoms in total. The molecule has 0 unspecified atom stereocenters. The predicted molar refractivity (Wildman–Crippen MR) is 146 cm³/mol. The van der Waals surface area contributed by atoms with Crippen LogP contribution in [0.25, 0.3) is 6.08 Å². The lowest BCUT2D eigenvalue weighted by Gasteiger charge is -2.13. The van der Waals surface area contributed by atoms with Crippen LogP contribution in [0.3, 0.4) is 0 Å². The molecule has 0 saturated carbocycles. The van der Waals surface area contributed by atoms with Gasteiger partial charge in [-0.2, -0.15) is 5.26 Å². The summed E-state index contributed by atoms with van der Waals surface area (Å²) in [5.41, 5.74) is 2.12. The van der Waals surface area contributed by atoms with Gasteiger partial charge in [-0.15, -0.1) is 0 Å². The fraction of sp³-hybridized carbons (Fsp3) is 0.0800. The van der Waals surface area contributed by atoms with Gasteiger partial charge < -0.3 is 15.4 Å². The summed E-state index contributed by atoms with van der Waals surface area (Å²) in [6.07, 6.45) is 1.38. The van der Waals surface area contributed by atoms with Gasteiger partial charge in [0, 0.05) is 31.5 Å². The fourth-order valence-corrected chi connectivity index (χ4v) is 4.66. The summed E-state index contributed by atoms with van der Waals surface area (Å²) < 4.78 is 6.95. The molecule has 3 rings (SSSR count). The monoisotopic (exact) mass is 635 g/mol. The van der Waals surface area contributed by atoms with Crippen LogP contribution < -0.4 is 15.4 Å². The Kier molecular flexibility index (Phi) is 9.35. The summed E-state index contributed by atoms with van der Waals surface area (Å²) in [6.45, 7) is 1.55. The summed E-state index contributed by atoms with van der Waals surface area (Å²) in [6, 6.07) is 17.0. The van der Waals surface area contributed by atoms with Gasteiger partial charge in [0.15, 0.2) is 6.61 Å². The van der Waals surface area contributed by atoms with Crippen LogP contribution in [0.4, 0.5) is 11.4 Å². The van der Waals surface area contributed by atoms with Gasteiger partial charge in [0.25, 0.3) is 11.8 Å². The topological polar surface area (TPSA) is 91.2 Å². The number of hydrogen-bond acceptors (Lipinski definition) is 4. The molecule has 0 spiro atoms. The Morgan fingerprint density at radius 1 is 1.06 bits per heavy atom. The van der Waals surface area contributed by atoms with Crippen molar-refractivity contribution in [3.63, 3.8) is 0 Å². The van der Waals surface area contributed by atoms with E-state index in [9.17, 15) is 14.9 Å². The molecule has 0 aliphatic heterocycles. The third-order valence-electron chi connectivity index (χ3n) is 4.59. The molecule has 2 N–H and O–H groups in total. The van der Waals surface area contributed by atoms with Gasteiger partial charge in [-0.3, -0.25) is 9.59 Å². The summed E-state index contributed by atoms with van der Waals surface area (Å²) in [5, 5.41) is 15.9. The molecule has 0 aromatic heterocycles. The van der Waals surface area contributed by atoms with E-state index in [1.54, 1.807) is 54.6 Å². The number of nitrogens with one attached hydrogen (secondary N) is 2. The van der Waals surface area contributed by atoms with Gasteiger partial charge in [-0.1, -0.05) is 51.3 Å². The van der Waals surface area contributed by atoms with E-state index in [0.717, 1.165) is 5.56 Å². The first kappa shape index (κ1) is 26.8. The fourth-order valence-electron chi connectivity index (χ4n) is 2.91. The van der Waals surface area contributed by atoms with Gasteiger partial charge in [0.2, 0.25) is 0 Å². The number of aryl methyl sites for hydroxylation is 1. The van der Waals surface area contributed by atoms with Crippen molar-refractivity contribution in [3.05, 3.63) is 90.3 Å². The lowest BCUT2D eigenvalue weighted by atomic mass is 10.1. The summed E-state index contributed by atoms with van der Waals surface area (Å²) in [7, 11) is 0. The lowest BCUT2D eigenvalue weighted by Crippen LogP contribution is -2.20. The first-order valence-electron chi connectivity index (χ1n) is 10.0. The second kappa shape index (κ2) is 12.2. The molecule has 0 heterocycles. The zero-order chi connectivity index (χ0) is 25.5. The van der Waals surface area contributed by atoms with Crippen molar-refractivity contribution >= 4 is 84.3 Å². The average molecular weight is 638 g/mol. The second-order valence-corrected chi connectivity index (χ2v) is 9.85. The molecule has 0 aliphatic carbocycles. The molecule has 35 heavy (non-hydrogen) atoms. The van der Waals surface area contributed by atoms with Crippen molar-refractivity contribution in [2.45, 2.75) is 6.92 Å². The normalized spacial score (nSPS) is 10.9. The Morgan fingerprint density at radius 2 is 1.80 bits per heavy atom. The van der Waals surface area contributed by atoms with E-state index in [1.165, 1.54) is 6.08 Å². The van der Waals surface area contributed by atoms with Crippen LogP contribution in [0.1, 0.15) is 11.1 Å². The van der Waals surface area contributed by atoms with Crippen molar-refractivity contribution in [1.82, 2.24) is 0 Å². The molecule has 10 heteroatoms. The number of benzene rings is 3. The standard InChI is InChI=1S/C25H17Br2Cl2N3O3/c1-14-5-6-20(11-22(14)29)31-23(33)13-35-24-15(8-17(26)9-21(24)27)7-16(12-30)25(34)32-19-4-2-3-18(28)10-19/h2-11H,13H2,1H3,(H,31,33)(H,32,34)/b16-7-. The highest BCUT2D eigenvalue weighted by atomic mass is 79.9. The van der Waals surface area contributed by atoms with Crippen LogP contribution in [0.5, 0.6) is 5.75 Å². The number of carbonyl (C=O) groups excluding carboxylic acids is 2. The molecule has 0 radical (unpaired) electrons. The first-order valence-corrected chi connectivity index (χ1v) is 12.4. The molecule has 3 aromatic rings. The first-order chi connectivity index (χ1) is 16.7. The number of amides is 2. The van der Waals surface area contributed by atoms with Gasteiger partial charge in [0.1, 0.15) is 17.4 Å². The molecule has 2 amide bonds. The van der Waals surface area contributed by atoms with Gasteiger partial charge in [-0.05, 0) is 77.0 Å². The van der Waals surface area contributed by atoms with Crippen molar-refractivity contribution in [1.29, 1.82) is 5.26 Å². The number of rotatable bonds is 7. The minimum absolute atomic E-state index is 0.168. The minimum Gasteiger partial charge on any atom is -0.482 e. The third-order valence-corrected chi connectivity index (χ3v) is 6.28. The van der Waals surface area contributed by atoms with Crippen molar-refractivity contribution in [2.75, 3.05) is 17.2 Å². The largest absolute Gasteiger partial charge is 0.482 e. The van der Waals surface area contributed by atoms with E-state index in [4.69, 9.17) is 27.9 Å². The molecular weight excluding hydrogens is 621 g/mol. The summed E-state index contributed by atoms with van der Waals surface area (Å²) in [5.74, 6) is -0.742. The van der Waals surface area contributed by atoms with E-state index in [2.05, 4.69) is 42.5 Å². The van der Waals surface area contributed by atoms with E-state index >= 15 is 0 Å². The van der Waals surface area contributed by atoms with Crippen LogP contribution in [-0.4, -0.2) is 18.4 Å². The maximum Gasteiger partial charge on any atom is 0.266 e. The van der Waals surface area contributed by atoms with E-state index in [1.807, 2.05) is 13.0 Å². The highest BCUT2D eigenvalue weighted by molar-refractivity contribution is 9.11. The zero-order valence-corrected chi connectivity index (χ0v) is 22.8. The molecule has 0 saturated heterocycles. The highest BCUT2D eigenvalue weighted by Crippen LogP contribution is 2.34. The van der Waals surface area contributed by atoms with Crippen molar-refractivity contribution in [3.8, 4) is 11.8 Å². The predicted octanol–water partition coefficient (Wildman–Crippen LogP) is 7.39. The van der Waals surface area contributed by atoms with Crippen LogP contribution in [0.2, 0.25) is 10.0 Å². The van der Waals surface area contributed by atoms with E-state index in [-0.39, 0.29) is 17.9 Å². The van der Waals surface area contributed by atoms with Gasteiger partial charge in [0.05, 0.1) is 4.47 Å². The number of ether oxygens (including phenoxy) is 1. The van der Waals surface area contributed by atoms with Crippen molar-refractivity contribution < 1.29 is 14.3 Å². The quantitative estimate of drug-likeness (QED) is 0.209. The van der Waals surface area contributed by atoms with Gasteiger partial charge >= 0.3 is 0 Å². The molecule has 3 aromatic carbocycles. The summed E-state index contributed by atoms with van der Waals surface area (Å²) >= 11 is 18.9.